The van der Waals surface area contributed by atoms with E-state index < -0.39 is 6.10 Å². The maximum Gasteiger partial charge on any atom is 0.249 e. The quantitative estimate of drug-likeness (QED) is 0.479. The highest BCUT2D eigenvalue weighted by molar-refractivity contribution is 5.93. The summed E-state index contributed by atoms with van der Waals surface area (Å²) in [5.41, 5.74) is 1.13. The van der Waals surface area contributed by atoms with Gasteiger partial charge in [-0.2, -0.15) is 0 Å². The van der Waals surface area contributed by atoms with Gasteiger partial charge in [-0.25, -0.2) is 0 Å². The molecular weight excluding hydrogens is 292 g/mol. The zero-order valence-corrected chi connectivity index (χ0v) is 13.4. The van der Waals surface area contributed by atoms with Crippen LogP contribution in [0.5, 0.6) is 0 Å². The van der Waals surface area contributed by atoms with Gasteiger partial charge in [0.2, 0.25) is 11.8 Å². The van der Waals surface area contributed by atoms with Crippen molar-refractivity contribution in [3.63, 3.8) is 0 Å². The van der Waals surface area contributed by atoms with Crippen molar-refractivity contribution in [3.05, 3.63) is 54.1 Å². The van der Waals surface area contributed by atoms with Gasteiger partial charge >= 0.3 is 0 Å². The van der Waals surface area contributed by atoms with E-state index >= 15 is 0 Å². The lowest BCUT2D eigenvalue weighted by Gasteiger charge is -2.09. The predicted octanol–water partition coefficient (Wildman–Crippen LogP) is 1.65. The molecule has 1 atom stereocenters. The van der Waals surface area contributed by atoms with E-state index in [2.05, 4.69) is 17.2 Å². The maximum atomic E-state index is 11.6. The van der Waals surface area contributed by atoms with Gasteiger partial charge in [0.15, 0.2) is 0 Å². The second kappa shape index (κ2) is 10.3. The number of nitrogens with one attached hydrogen (secondary N) is 2. The number of aliphatic hydroxyl groups excluding tert-OH is 1. The van der Waals surface area contributed by atoms with Gasteiger partial charge in [-0.1, -0.05) is 36.9 Å². The van der Waals surface area contributed by atoms with Gasteiger partial charge in [0.1, 0.15) is 0 Å². The average Bonchev–Trinajstić information content (AvgIpc) is 2.56. The third kappa shape index (κ3) is 7.97. The molecule has 0 aromatic heterocycles. The third-order valence-corrected chi connectivity index (χ3v) is 3.21. The summed E-state index contributed by atoms with van der Waals surface area (Å²) >= 11 is 0. The minimum Gasteiger partial charge on any atom is -0.389 e. The number of amides is 2. The SMILES string of the molecule is C=C(C(=O)NCCCCNC(=O)C=Cc1ccccc1)[C@@H](C)O. The first kappa shape index (κ1) is 18.6. The summed E-state index contributed by atoms with van der Waals surface area (Å²) in [6.07, 6.45) is 3.92. The van der Waals surface area contributed by atoms with E-state index in [0.717, 1.165) is 18.4 Å². The summed E-state index contributed by atoms with van der Waals surface area (Å²) in [5.74, 6) is -0.477. The van der Waals surface area contributed by atoms with Crippen LogP contribution in [0.2, 0.25) is 0 Å². The minimum absolute atomic E-state index is 0.139. The van der Waals surface area contributed by atoms with Crippen molar-refractivity contribution in [2.75, 3.05) is 13.1 Å². The summed E-state index contributed by atoms with van der Waals surface area (Å²) in [6, 6.07) is 9.60. The Balaban J connectivity index is 2.11. The van der Waals surface area contributed by atoms with Crippen LogP contribution in [0, 0.1) is 0 Å². The van der Waals surface area contributed by atoms with Crippen molar-refractivity contribution in [2.24, 2.45) is 0 Å². The summed E-state index contributed by atoms with van der Waals surface area (Å²) in [5, 5.41) is 14.7. The number of benzene rings is 1. The molecule has 1 rings (SSSR count). The smallest absolute Gasteiger partial charge is 0.249 e. The van der Waals surface area contributed by atoms with Crippen LogP contribution in [0.3, 0.4) is 0 Å². The van der Waals surface area contributed by atoms with E-state index in [0.29, 0.717) is 13.1 Å². The van der Waals surface area contributed by atoms with Gasteiger partial charge in [0, 0.05) is 24.7 Å². The fourth-order valence-electron chi connectivity index (χ4n) is 1.76. The van der Waals surface area contributed by atoms with E-state index in [4.69, 9.17) is 0 Å². The van der Waals surface area contributed by atoms with Gasteiger partial charge in [-0.3, -0.25) is 9.59 Å². The molecule has 0 fully saturated rings. The molecule has 0 saturated carbocycles. The van der Waals surface area contributed by atoms with Crippen LogP contribution in [0.15, 0.2) is 48.6 Å². The van der Waals surface area contributed by atoms with Crippen molar-refractivity contribution < 1.29 is 14.7 Å². The van der Waals surface area contributed by atoms with Gasteiger partial charge in [0.25, 0.3) is 0 Å². The summed E-state index contributed by atoms with van der Waals surface area (Å²) in [4.78, 5) is 23.1. The van der Waals surface area contributed by atoms with Crippen LogP contribution in [0.25, 0.3) is 6.08 Å². The first-order chi connectivity index (χ1) is 11.0. The second-order valence-electron chi connectivity index (χ2n) is 5.20. The van der Waals surface area contributed by atoms with Crippen molar-refractivity contribution in [2.45, 2.75) is 25.9 Å². The molecule has 0 bridgehead atoms. The standard InChI is InChI=1S/C18H24N2O3/c1-14(15(2)21)18(23)20-13-7-6-12-19-17(22)11-10-16-8-4-3-5-9-16/h3-5,8-11,15,21H,1,6-7,12-13H2,2H3,(H,19,22)(H,20,23)/t15-/m1/s1. The van der Waals surface area contributed by atoms with E-state index in [-0.39, 0.29) is 17.4 Å². The normalized spacial score (nSPS) is 11.9. The molecule has 0 radical (unpaired) electrons. The van der Waals surface area contributed by atoms with E-state index in [1.807, 2.05) is 30.3 Å². The summed E-state index contributed by atoms with van der Waals surface area (Å²) < 4.78 is 0. The number of carbonyl (C=O) groups is 2. The molecule has 0 heterocycles. The number of hydrogen-bond acceptors (Lipinski definition) is 3. The third-order valence-electron chi connectivity index (χ3n) is 3.21. The molecule has 23 heavy (non-hydrogen) atoms. The predicted molar refractivity (Wildman–Crippen MR) is 91.6 cm³/mol. The number of aliphatic hydroxyl groups is 1. The first-order valence-electron chi connectivity index (χ1n) is 7.66. The Bertz CT molecular complexity index is 551. The second-order valence-corrected chi connectivity index (χ2v) is 5.20. The van der Waals surface area contributed by atoms with Crippen LogP contribution >= 0.6 is 0 Å². The zero-order valence-electron chi connectivity index (χ0n) is 13.4. The number of unbranched alkanes of at least 4 members (excludes halogenated alkanes) is 1. The monoisotopic (exact) mass is 316 g/mol. The Morgan fingerprint density at radius 2 is 1.78 bits per heavy atom. The van der Waals surface area contributed by atoms with E-state index in [9.17, 15) is 14.7 Å². The van der Waals surface area contributed by atoms with Gasteiger partial charge in [-0.05, 0) is 31.4 Å². The highest BCUT2D eigenvalue weighted by Gasteiger charge is 2.10. The molecule has 0 unspecified atom stereocenters. The molecule has 0 saturated heterocycles. The molecule has 3 N–H and O–H groups in total. The van der Waals surface area contributed by atoms with Crippen LogP contribution in [0.4, 0.5) is 0 Å². The summed E-state index contributed by atoms with van der Waals surface area (Å²) in [6.45, 7) is 6.04. The largest absolute Gasteiger partial charge is 0.389 e. The molecule has 0 aliphatic heterocycles. The molecule has 1 aromatic rings. The van der Waals surface area contributed by atoms with Crippen molar-refractivity contribution >= 4 is 17.9 Å². The molecule has 124 valence electrons. The Kier molecular flexibility index (Phi) is 8.39. The molecule has 5 nitrogen and oxygen atoms in total. The van der Waals surface area contributed by atoms with Crippen LogP contribution in [0.1, 0.15) is 25.3 Å². The summed E-state index contributed by atoms with van der Waals surface area (Å²) in [7, 11) is 0. The fourth-order valence-corrected chi connectivity index (χ4v) is 1.76. The van der Waals surface area contributed by atoms with Crippen LogP contribution in [-0.4, -0.2) is 36.1 Å². The molecular formula is C18H24N2O3. The minimum atomic E-state index is -0.842. The maximum absolute atomic E-state index is 11.6. The Morgan fingerprint density at radius 1 is 1.17 bits per heavy atom. The Hall–Kier alpha value is -2.40. The van der Waals surface area contributed by atoms with Crippen LogP contribution < -0.4 is 10.6 Å². The fraction of sp³-hybridized carbons (Fsp3) is 0.333. The zero-order chi connectivity index (χ0) is 17.1. The molecule has 0 aliphatic rings. The first-order valence-corrected chi connectivity index (χ1v) is 7.66. The van der Waals surface area contributed by atoms with Gasteiger partial charge < -0.3 is 15.7 Å². The van der Waals surface area contributed by atoms with Crippen molar-refractivity contribution in [1.29, 1.82) is 0 Å². The highest BCUT2D eigenvalue weighted by Crippen LogP contribution is 2.00. The van der Waals surface area contributed by atoms with E-state index in [1.165, 1.54) is 13.0 Å². The Labute approximate surface area is 137 Å². The Morgan fingerprint density at radius 3 is 2.39 bits per heavy atom. The number of rotatable bonds is 9. The van der Waals surface area contributed by atoms with E-state index in [1.54, 1.807) is 6.08 Å². The molecule has 0 spiro atoms. The highest BCUT2D eigenvalue weighted by atomic mass is 16.3. The molecule has 5 heteroatoms. The van der Waals surface area contributed by atoms with Gasteiger partial charge in [0.05, 0.1) is 6.10 Å². The van der Waals surface area contributed by atoms with Crippen molar-refractivity contribution in [3.8, 4) is 0 Å². The van der Waals surface area contributed by atoms with Gasteiger partial charge in [-0.15, -0.1) is 0 Å². The number of carbonyl (C=O) groups excluding carboxylic acids is 2. The number of hydrogen-bond donors (Lipinski definition) is 3. The lowest BCUT2D eigenvalue weighted by Crippen LogP contribution is -2.30. The lowest BCUT2D eigenvalue weighted by atomic mass is 10.2. The van der Waals surface area contributed by atoms with Crippen molar-refractivity contribution in [1.82, 2.24) is 10.6 Å². The molecule has 1 aromatic carbocycles. The lowest BCUT2D eigenvalue weighted by molar-refractivity contribution is -0.118. The average molecular weight is 316 g/mol. The molecule has 2 amide bonds. The topological polar surface area (TPSA) is 78.4 Å². The van der Waals surface area contributed by atoms with Crippen LogP contribution in [-0.2, 0) is 9.59 Å². The molecule has 0 aliphatic carbocycles.